The molecule has 1 aliphatic carbocycles. The summed E-state index contributed by atoms with van der Waals surface area (Å²) in [5.74, 6) is 0.842. The minimum Gasteiger partial charge on any atom is -0.477 e. The number of hydrogen-bond acceptors (Lipinski definition) is 6. The van der Waals surface area contributed by atoms with Crippen LogP contribution in [-0.2, 0) is 4.79 Å². The minimum atomic E-state index is -0.845. The molecule has 2 aromatic heterocycles. The van der Waals surface area contributed by atoms with Crippen molar-refractivity contribution in [3.63, 3.8) is 0 Å². The van der Waals surface area contributed by atoms with E-state index in [-0.39, 0.29) is 5.28 Å². The van der Waals surface area contributed by atoms with Crippen molar-refractivity contribution in [2.45, 2.75) is 18.4 Å². The van der Waals surface area contributed by atoms with E-state index >= 15 is 0 Å². The highest BCUT2D eigenvalue weighted by Crippen LogP contribution is 2.40. The lowest BCUT2D eigenvalue weighted by atomic mass is 10.1. The van der Waals surface area contributed by atoms with Crippen molar-refractivity contribution >= 4 is 39.8 Å². The van der Waals surface area contributed by atoms with Gasteiger partial charge < -0.3 is 15.8 Å². The summed E-state index contributed by atoms with van der Waals surface area (Å²) < 4.78 is 5.80. The number of pyridine rings is 1. The molecule has 7 nitrogen and oxygen atoms in total. The van der Waals surface area contributed by atoms with Gasteiger partial charge in [-0.3, -0.25) is 4.79 Å². The van der Waals surface area contributed by atoms with Crippen molar-refractivity contribution in [3.8, 4) is 5.75 Å². The molecule has 0 spiro atoms. The second kappa shape index (κ2) is 5.86. The van der Waals surface area contributed by atoms with Gasteiger partial charge in [-0.05, 0) is 41.3 Å². The largest absolute Gasteiger partial charge is 0.477 e. The highest BCUT2D eigenvalue weighted by Gasteiger charge is 2.51. The maximum Gasteiger partial charge on any atom is 0.261 e. The van der Waals surface area contributed by atoms with E-state index in [4.69, 9.17) is 22.1 Å². The SMILES string of the molecule is NC(=O)C1(Oc2ccc3c(Nc4cnc(Cl)nc4)nccc3c2)CC1. The van der Waals surface area contributed by atoms with Crippen LogP contribution in [0.15, 0.2) is 42.9 Å². The summed E-state index contributed by atoms with van der Waals surface area (Å²) in [7, 11) is 0. The third kappa shape index (κ3) is 3.06. The quantitative estimate of drug-likeness (QED) is 0.682. The molecular formula is C17H14ClN5O2. The van der Waals surface area contributed by atoms with E-state index in [1.165, 1.54) is 0 Å². The zero-order valence-electron chi connectivity index (χ0n) is 13.1. The summed E-state index contributed by atoms with van der Waals surface area (Å²) in [5, 5.41) is 5.16. The Bertz CT molecular complexity index is 957. The Morgan fingerprint density at radius 3 is 2.64 bits per heavy atom. The van der Waals surface area contributed by atoms with Crippen LogP contribution in [0.3, 0.4) is 0 Å². The Kier molecular flexibility index (Phi) is 3.65. The number of nitrogens with two attached hydrogens (primary N) is 1. The van der Waals surface area contributed by atoms with Crippen LogP contribution in [0, 0.1) is 0 Å². The van der Waals surface area contributed by atoms with E-state index in [9.17, 15) is 4.79 Å². The van der Waals surface area contributed by atoms with Crippen molar-refractivity contribution in [2.24, 2.45) is 5.73 Å². The summed E-state index contributed by atoms with van der Waals surface area (Å²) >= 11 is 5.69. The van der Waals surface area contributed by atoms with Gasteiger partial charge in [0.2, 0.25) is 5.28 Å². The van der Waals surface area contributed by atoms with Crippen LogP contribution in [0.25, 0.3) is 10.8 Å². The number of benzene rings is 1. The topological polar surface area (TPSA) is 103 Å². The molecular weight excluding hydrogens is 342 g/mol. The average Bonchev–Trinajstić information content (AvgIpc) is 3.38. The molecule has 0 bridgehead atoms. The number of aromatic nitrogens is 3. The van der Waals surface area contributed by atoms with Gasteiger partial charge in [-0.2, -0.15) is 0 Å². The molecule has 0 radical (unpaired) electrons. The summed E-state index contributed by atoms with van der Waals surface area (Å²) in [6.45, 7) is 0. The second-order valence-electron chi connectivity index (χ2n) is 5.87. The number of nitrogens with one attached hydrogen (secondary N) is 1. The van der Waals surface area contributed by atoms with Crippen molar-refractivity contribution in [1.29, 1.82) is 0 Å². The molecule has 8 heteroatoms. The smallest absolute Gasteiger partial charge is 0.261 e. The lowest BCUT2D eigenvalue weighted by Crippen LogP contribution is -2.35. The molecule has 0 unspecified atom stereocenters. The molecule has 1 aliphatic rings. The highest BCUT2D eigenvalue weighted by atomic mass is 35.5. The maximum atomic E-state index is 11.5. The predicted octanol–water partition coefficient (Wildman–Crippen LogP) is 2.82. The fourth-order valence-corrected chi connectivity index (χ4v) is 2.67. The lowest BCUT2D eigenvalue weighted by Gasteiger charge is -2.15. The second-order valence-corrected chi connectivity index (χ2v) is 6.21. The van der Waals surface area contributed by atoms with Gasteiger partial charge in [-0.25, -0.2) is 15.0 Å². The van der Waals surface area contributed by atoms with Gasteiger partial charge in [-0.15, -0.1) is 0 Å². The summed E-state index contributed by atoms with van der Waals surface area (Å²) in [5.41, 5.74) is 5.24. The first kappa shape index (κ1) is 15.6. The first-order valence-electron chi connectivity index (χ1n) is 7.68. The Balaban J connectivity index is 1.64. The first-order chi connectivity index (χ1) is 12.1. The van der Waals surface area contributed by atoms with Crippen LogP contribution < -0.4 is 15.8 Å². The molecule has 0 saturated heterocycles. The number of anilines is 2. The number of amides is 1. The molecule has 3 aromatic rings. The molecule has 1 aromatic carbocycles. The molecule has 126 valence electrons. The standard InChI is InChI=1S/C17H14ClN5O2/c18-16-21-8-11(9-22-16)23-14-13-2-1-12(7-10(13)3-6-20-14)25-17(4-5-17)15(19)24/h1-3,6-9H,4-5H2,(H2,19,24)(H,20,23). The number of primary amides is 1. The lowest BCUT2D eigenvalue weighted by molar-refractivity contribution is -0.126. The van der Waals surface area contributed by atoms with Gasteiger partial charge in [0, 0.05) is 24.4 Å². The number of ether oxygens (including phenoxy) is 1. The first-order valence-corrected chi connectivity index (χ1v) is 8.06. The fraction of sp³-hybridized carbons (Fsp3) is 0.176. The van der Waals surface area contributed by atoms with Gasteiger partial charge in [0.05, 0.1) is 18.1 Å². The average molecular weight is 356 g/mol. The fourth-order valence-electron chi connectivity index (χ4n) is 2.57. The number of hydrogen-bond donors (Lipinski definition) is 2. The van der Waals surface area contributed by atoms with Crippen molar-refractivity contribution in [3.05, 3.63) is 48.1 Å². The van der Waals surface area contributed by atoms with E-state index in [0.29, 0.717) is 30.1 Å². The third-order valence-electron chi connectivity index (χ3n) is 4.09. The van der Waals surface area contributed by atoms with E-state index in [0.717, 1.165) is 10.8 Å². The Hall–Kier alpha value is -2.93. The molecule has 1 amide bonds. The van der Waals surface area contributed by atoms with Crippen LogP contribution in [0.5, 0.6) is 5.75 Å². The van der Waals surface area contributed by atoms with Crippen molar-refractivity contribution in [1.82, 2.24) is 15.0 Å². The number of halogens is 1. The van der Waals surface area contributed by atoms with Crippen molar-refractivity contribution in [2.75, 3.05) is 5.32 Å². The highest BCUT2D eigenvalue weighted by molar-refractivity contribution is 6.28. The molecule has 4 rings (SSSR count). The van der Waals surface area contributed by atoms with E-state index in [1.807, 2.05) is 18.2 Å². The molecule has 25 heavy (non-hydrogen) atoms. The van der Waals surface area contributed by atoms with Crippen molar-refractivity contribution < 1.29 is 9.53 Å². The third-order valence-corrected chi connectivity index (χ3v) is 4.28. The maximum absolute atomic E-state index is 11.5. The number of fused-ring (bicyclic) bond motifs is 1. The number of carbonyl (C=O) groups excluding carboxylic acids is 1. The molecule has 1 saturated carbocycles. The molecule has 0 aliphatic heterocycles. The van der Waals surface area contributed by atoms with Gasteiger partial charge in [0.25, 0.3) is 5.91 Å². The van der Waals surface area contributed by atoms with Crippen LogP contribution >= 0.6 is 11.6 Å². The molecule has 3 N–H and O–H groups in total. The Morgan fingerprint density at radius 1 is 1.20 bits per heavy atom. The Labute approximate surface area is 148 Å². The minimum absolute atomic E-state index is 0.182. The van der Waals surface area contributed by atoms with E-state index < -0.39 is 11.5 Å². The number of carbonyl (C=O) groups is 1. The molecule has 1 fully saturated rings. The monoisotopic (exact) mass is 355 g/mol. The van der Waals surface area contributed by atoms with Crippen LogP contribution in [0.2, 0.25) is 5.28 Å². The van der Waals surface area contributed by atoms with E-state index in [1.54, 1.807) is 24.7 Å². The summed E-state index contributed by atoms with van der Waals surface area (Å²) in [4.78, 5) is 23.7. The van der Waals surface area contributed by atoms with Gasteiger partial charge in [0.15, 0.2) is 5.60 Å². The summed E-state index contributed by atoms with van der Waals surface area (Å²) in [6.07, 6.45) is 6.15. The molecule has 0 atom stereocenters. The molecule has 2 heterocycles. The van der Waals surface area contributed by atoms with Crippen LogP contribution in [-0.4, -0.2) is 26.5 Å². The number of nitrogens with zero attached hydrogens (tertiary/aromatic N) is 3. The zero-order chi connectivity index (χ0) is 17.4. The predicted molar refractivity (Wildman–Crippen MR) is 93.9 cm³/mol. The normalized spacial score (nSPS) is 14.9. The summed E-state index contributed by atoms with van der Waals surface area (Å²) in [6, 6.07) is 7.42. The van der Waals surface area contributed by atoms with E-state index in [2.05, 4.69) is 20.3 Å². The van der Waals surface area contributed by atoms with Gasteiger partial charge >= 0.3 is 0 Å². The van der Waals surface area contributed by atoms with Crippen LogP contribution in [0.1, 0.15) is 12.8 Å². The Morgan fingerprint density at radius 2 is 1.96 bits per heavy atom. The van der Waals surface area contributed by atoms with Gasteiger partial charge in [0.1, 0.15) is 11.6 Å². The zero-order valence-corrected chi connectivity index (χ0v) is 13.8. The van der Waals surface area contributed by atoms with Gasteiger partial charge in [-0.1, -0.05) is 0 Å². The number of rotatable bonds is 5. The van der Waals surface area contributed by atoms with Crippen LogP contribution in [0.4, 0.5) is 11.5 Å².